The normalized spacial score (nSPS) is 16.2. The second kappa shape index (κ2) is 12.1. The van der Waals surface area contributed by atoms with E-state index < -0.39 is 0 Å². The van der Waals surface area contributed by atoms with Crippen LogP contribution in [0.15, 0.2) is 66.3 Å². The summed E-state index contributed by atoms with van der Waals surface area (Å²) >= 11 is 1.27. The minimum Gasteiger partial charge on any atom is -0.347 e. The number of allylic oxidation sites excluding steroid dienone is 1. The zero-order valence-corrected chi connectivity index (χ0v) is 22.9. The van der Waals surface area contributed by atoms with Gasteiger partial charge in [0, 0.05) is 51.0 Å². The Kier molecular flexibility index (Phi) is 8.66. The zero-order chi connectivity index (χ0) is 27.2. The molecule has 2 fully saturated rings. The summed E-state index contributed by atoms with van der Waals surface area (Å²) in [4.78, 5) is 13.8. The van der Waals surface area contributed by atoms with Crippen LogP contribution in [0.2, 0.25) is 0 Å². The van der Waals surface area contributed by atoms with Crippen LogP contribution in [0.3, 0.4) is 0 Å². The van der Waals surface area contributed by atoms with Crippen LogP contribution in [0.4, 0.5) is 9.52 Å². The molecule has 0 unspecified atom stereocenters. The number of guanidine groups is 1. The highest BCUT2D eigenvalue weighted by Crippen LogP contribution is 2.33. The molecule has 9 nitrogen and oxygen atoms in total. The first kappa shape index (κ1) is 27.2. The van der Waals surface area contributed by atoms with Crippen molar-refractivity contribution < 1.29 is 4.39 Å². The first-order chi connectivity index (χ1) is 18.4. The fourth-order valence-electron chi connectivity index (χ4n) is 4.25. The summed E-state index contributed by atoms with van der Waals surface area (Å²) < 4.78 is 13.4. The maximum atomic E-state index is 13.4. The van der Waals surface area contributed by atoms with Crippen molar-refractivity contribution in [2.24, 2.45) is 4.99 Å². The van der Waals surface area contributed by atoms with Crippen LogP contribution in [-0.4, -0.2) is 60.1 Å². The Bertz CT molecular complexity index is 1250. The van der Waals surface area contributed by atoms with E-state index in [9.17, 15) is 9.65 Å². The van der Waals surface area contributed by atoms with Gasteiger partial charge in [-0.15, -0.1) is 0 Å². The maximum absolute atomic E-state index is 13.4. The van der Waals surface area contributed by atoms with Crippen molar-refractivity contribution in [2.45, 2.75) is 38.3 Å². The number of hydrogen-bond acceptors (Lipinski definition) is 8. The number of hydrazine groups is 1. The van der Waals surface area contributed by atoms with Crippen LogP contribution in [0.1, 0.15) is 31.1 Å². The molecule has 1 aliphatic carbocycles. The van der Waals surface area contributed by atoms with Gasteiger partial charge < -0.3 is 20.4 Å². The van der Waals surface area contributed by atoms with E-state index in [1.807, 2.05) is 30.9 Å². The Labute approximate surface area is 227 Å². The largest absolute Gasteiger partial charge is 0.347 e. The fraction of sp³-hybridized carbons (Fsp3) is 0.370. The van der Waals surface area contributed by atoms with Gasteiger partial charge in [-0.25, -0.2) is 14.4 Å². The van der Waals surface area contributed by atoms with E-state index in [0.29, 0.717) is 39.8 Å². The van der Waals surface area contributed by atoms with Gasteiger partial charge in [0.15, 0.2) is 5.13 Å². The van der Waals surface area contributed by atoms with Crippen molar-refractivity contribution in [1.82, 2.24) is 31.0 Å². The number of aromatic nitrogens is 1. The second-order valence-corrected chi connectivity index (χ2v) is 10.2. The molecule has 38 heavy (non-hydrogen) atoms. The molecule has 0 amide bonds. The number of hydrogen-bond donors (Lipinski definition) is 3. The Morgan fingerprint density at radius 1 is 1.26 bits per heavy atom. The number of nitriles is 1. The molecule has 1 aromatic heterocycles. The number of anilines is 1. The Balaban J connectivity index is 1.56. The van der Waals surface area contributed by atoms with Crippen molar-refractivity contribution in [2.75, 3.05) is 32.1 Å². The van der Waals surface area contributed by atoms with Gasteiger partial charge in [-0.3, -0.25) is 10.4 Å². The number of thiazole rings is 1. The lowest BCUT2D eigenvalue weighted by molar-refractivity contribution is 0.181. The minimum absolute atomic E-state index is 0.338. The van der Waals surface area contributed by atoms with Crippen LogP contribution in [0.5, 0.6) is 0 Å². The van der Waals surface area contributed by atoms with Crippen molar-refractivity contribution in [3.8, 4) is 17.3 Å². The summed E-state index contributed by atoms with van der Waals surface area (Å²) in [5.74, 6) is 1.17. The molecule has 11 heteroatoms. The zero-order valence-electron chi connectivity index (χ0n) is 22.0. The first-order valence-corrected chi connectivity index (χ1v) is 13.4. The van der Waals surface area contributed by atoms with Crippen LogP contribution in [0.25, 0.3) is 11.3 Å². The smallest absolute Gasteiger partial charge is 0.220 e. The second-order valence-electron chi connectivity index (χ2n) is 9.21. The molecule has 2 aliphatic rings. The van der Waals surface area contributed by atoms with E-state index in [4.69, 9.17) is 4.98 Å². The highest BCUT2D eigenvalue weighted by atomic mass is 32.1. The maximum Gasteiger partial charge on any atom is 0.220 e. The summed E-state index contributed by atoms with van der Waals surface area (Å²) in [5.41, 5.74) is 5.55. The van der Waals surface area contributed by atoms with Crippen molar-refractivity contribution in [1.29, 1.82) is 5.26 Å². The summed E-state index contributed by atoms with van der Waals surface area (Å²) in [7, 11) is 3.80. The average molecular weight is 536 g/mol. The van der Waals surface area contributed by atoms with E-state index in [0.717, 1.165) is 30.6 Å². The van der Waals surface area contributed by atoms with Crippen LogP contribution < -0.4 is 21.0 Å². The molecule has 2 aromatic rings. The number of halogens is 1. The highest BCUT2D eigenvalue weighted by molar-refractivity contribution is 7.16. The van der Waals surface area contributed by atoms with Crippen molar-refractivity contribution in [3.05, 3.63) is 72.0 Å². The number of nitrogens with zero attached hydrogens (tertiary/aromatic N) is 6. The fourth-order valence-corrected chi connectivity index (χ4v) is 5.11. The number of rotatable bonds is 11. The van der Waals surface area contributed by atoms with Crippen molar-refractivity contribution >= 4 is 22.4 Å². The molecular weight excluding hydrogens is 501 g/mol. The molecule has 3 N–H and O–H groups in total. The molecule has 2 heterocycles. The predicted molar refractivity (Wildman–Crippen MR) is 151 cm³/mol. The standard InChI is InChI=1S/C27H34FN9S/c1-6-22(34-36(5)26(31-8-3)37-16-21(17-37)32-20-13-14-20)25(30-7-2)35(4)27-33-24(23(15-29)38-27)18-9-11-19(28)12-10-18/h7-12,20-21,30,32,34H,2-3,6,13-14,16-17H2,1,4-5H3/b25-22+,31-26?. The third kappa shape index (κ3) is 6.15. The highest BCUT2D eigenvalue weighted by Gasteiger charge is 2.35. The van der Waals surface area contributed by atoms with Crippen molar-refractivity contribution in [3.63, 3.8) is 0 Å². The van der Waals surface area contributed by atoms with Gasteiger partial charge >= 0.3 is 0 Å². The molecule has 1 saturated carbocycles. The van der Waals surface area contributed by atoms with Gasteiger partial charge in [-0.1, -0.05) is 31.4 Å². The molecule has 4 rings (SSSR count). The molecule has 0 bridgehead atoms. The van der Waals surface area contributed by atoms with Gasteiger partial charge in [-0.05, 0) is 49.7 Å². The summed E-state index contributed by atoms with van der Waals surface area (Å²) in [6, 6.07) is 9.36. The monoisotopic (exact) mass is 535 g/mol. The van der Waals surface area contributed by atoms with Crippen LogP contribution >= 0.6 is 11.3 Å². The third-order valence-electron chi connectivity index (χ3n) is 6.36. The number of nitrogens with one attached hydrogen (secondary N) is 3. The number of benzene rings is 1. The minimum atomic E-state index is -0.338. The van der Waals surface area contributed by atoms with Crippen LogP contribution in [-0.2, 0) is 0 Å². The summed E-state index contributed by atoms with van der Waals surface area (Å²) in [6.45, 7) is 11.5. The topological polar surface area (TPSA) is 94.8 Å². The first-order valence-electron chi connectivity index (χ1n) is 12.6. The van der Waals surface area contributed by atoms with Gasteiger partial charge in [0.25, 0.3) is 0 Å². The molecule has 1 aromatic carbocycles. The molecule has 1 saturated heterocycles. The van der Waals surface area contributed by atoms with E-state index in [1.165, 1.54) is 36.3 Å². The van der Waals surface area contributed by atoms with Gasteiger partial charge in [-0.2, -0.15) is 5.26 Å². The Morgan fingerprint density at radius 2 is 1.97 bits per heavy atom. The lowest BCUT2D eigenvalue weighted by Crippen LogP contribution is -2.64. The molecule has 1 aliphatic heterocycles. The van der Waals surface area contributed by atoms with E-state index >= 15 is 0 Å². The lowest BCUT2D eigenvalue weighted by atomic mass is 10.1. The summed E-state index contributed by atoms with van der Waals surface area (Å²) in [6.07, 6.45) is 6.35. The Hall–Kier alpha value is -3.88. The molecule has 0 spiro atoms. The van der Waals surface area contributed by atoms with Gasteiger partial charge in [0.1, 0.15) is 28.3 Å². The van der Waals surface area contributed by atoms with Gasteiger partial charge in [0.2, 0.25) is 5.96 Å². The van der Waals surface area contributed by atoms with Gasteiger partial charge in [0.05, 0.1) is 5.70 Å². The third-order valence-corrected chi connectivity index (χ3v) is 7.39. The van der Waals surface area contributed by atoms with E-state index in [1.54, 1.807) is 24.5 Å². The SMILES string of the molecule is C=CN=C(N1CC(NC2CC2)C1)N(C)N/C(CC)=C(\NC=C)N(C)c1nc(-c2ccc(F)cc2)c(C#N)s1. The lowest BCUT2D eigenvalue weighted by Gasteiger charge is -2.44. The Morgan fingerprint density at radius 3 is 2.55 bits per heavy atom. The average Bonchev–Trinajstić information content (AvgIpc) is 3.62. The molecule has 0 radical (unpaired) electrons. The van der Waals surface area contributed by atoms with Crippen LogP contribution in [0, 0.1) is 17.1 Å². The number of aliphatic imine (C=N–C) groups is 1. The summed E-state index contributed by atoms with van der Waals surface area (Å²) in [5, 5.41) is 19.1. The molecule has 200 valence electrons. The molecular formula is C27H34FN9S. The number of likely N-dealkylation sites (tertiary alicyclic amines) is 1. The quantitative estimate of drug-likeness (QED) is 0.226. The predicted octanol–water partition coefficient (Wildman–Crippen LogP) is 3.94. The molecule has 0 atom stereocenters. The van der Waals surface area contributed by atoms with E-state index in [-0.39, 0.29) is 5.82 Å². The van der Waals surface area contributed by atoms with E-state index in [2.05, 4.69) is 45.2 Å².